The van der Waals surface area contributed by atoms with Crippen molar-refractivity contribution in [2.75, 3.05) is 6.54 Å². The Labute approximate surface area is 114 Å². The van der Waals surface area contributed by atoms with E-state index in [1.165, 1.54) is 12.8 Å². The summed E-state index contributed by atoms with van der Waals surface area (Å²) in [6, 6.07) is 0. The lowest BCUT2D eigenvalue weighted by molar-refractivity contribution is 0.0689. The van der Waals surface area contributed by atoms with Gasteiger partial charge >= 0.3 is 5.97 Å². The normalized spacial score (nSPS) is 12.6. The number of nitrogens with two attached hydrogens (primary N) is 1. The van der Waals surface area contributed by atoms with Crippen molar-refractivity contribution >= 4 is 5.97 Å². The van der Waals surface area contributed by atoms with Gasteiger partial charge in [0.2, 0.25) is 0 Å². The molecule has 0 amide bonds. The zero-order chi connectivity index (χ0) is 14.3. The van der Waals surface area contributed by atoms with E-state index < -0.39 is 5.97 Å². The minimum Gasteiger partial charge on any atom is -0.476 e. The minimum atomic E-state index is -1.03. The van der Waals surface area contributed by atoms with Crippen molar-refractivity contribution in [3.05, 3.63) is 11.4 Å². The van der Waals surface area contributed by atoms with Gasteiger partial charge in [0.25, 0.3) is 0 Å². The Kier molecular flexibility index (Phi) is 6.49. The zero-order valence-corrected chi connectivity index (χ0v) is 11.8. The molecule has 0 saturated heterocycles. The highest BCUT2D eigenvalue weighted by molar-refractivity contribution is 5.86. The molecule has 1 aromatic rings. The first kappa shape index (κ1) is 15.6. The molecule has 0 aliphatic carbocycles. The van der Waals surface area contributed by atoms with Gasteiger partial charge in [0.1, 0.15) is 0 Å². The van der Waals surface area contributed by atoms with Gasteiger partial charge in [-0.25, -0.2) is 9.48 Å². The number of hydrogen-bond donors (Lipinski definition) is 2. The fraction of sp³-hybridized carbons (Fsp3) is 0.769. The molecule has 0 aliphatic heterocycles. The summed E-state index contributed by atoms with van der Waals surface area (Å²) >= 11 is 0. The molecule has 0 radical (unpaired) electrons. The molecule has 108 valence electrons. The summed E-state index contributed by atoms with van der Waals surface area (Å²) in [5.74, 6) is -0.517. The zero-order valence-electron chi connectivity index (χ0n) is 11.8. The third-order valence-corrected chi connectivity index (χ3v) is 3.40. The van der Waals surface area contributed by atoms with Crippen molar-refractivity contribution in [1.29, 1.82) is 0 Å². The van der Waals surface area contributed by atoms with Crippen molar-refractivity contribution in [1.82, 2.24) is 15.0 Å². The van der Waals surface area contributed by atoms with Gasteiger partial charge in [-0.1, -0.05) is 38.3 Å². The number of rotatable bonds is 9. The van der Waals surface area contributed by atoms with E-state index in [0.717, 1.165) is 19.4 Å². The summed E-state index contributed by atoms with van der Waals surface area (Å²) in [5.41, 5.74) is 6.22. The lowest BCUT2D eigenvalue weighted by Crippen LogP contribution is -2.17. The molecule has 0 aliphatic rings. The van der Waals surface area contributed by atoms with Crippen LogP contribution in [0, 0.1) is 5.92 Å². The number of unbranched alkanes of at least 4 members (excludes halogenated alkanes) is 1. The molecule has 1 aromatic heterocycles. The fourth-order valence-corrected chi connectivity index (χ4v) is 2.19. The lowest BCUT2D eigenvalue weighted by Gasteiger charge is -2.15. The highest BCUT2D eigenvalue weighted by Gasteiger charge is 2.19. The van der Waals surface area contributed by atoms with Gasteiger partial charge < -0.3 is 10.8 Å². The summed E-state index contributed by atoms with van der Waals surface area (Å²) in [6.45, 7) is 5.45. The van der Waals surface area contributed by atoms with Crippen LogP contribution in [0.3, 0.4) is 0 Å². The molecule has 6 nitrogen and oxygen atoms in total. The standard InChI is InChI=1S/C13H24N4O2/c1-3-5-6-10(4-2)9-17-11(7-8-14)12(13(18)19)15-16-17/h10H,3-9,14H2,1-2H3,(H,18,19). The smallest absolute Gasteiger partial charge is 0.358 e. The van der Waals surface area contributed by atoms with Crippen molar-refractivity contribution in [3.63, 3.8) is 0 Å². The largest absolute Gasteiger partial charge is 0.476 e. The Morgan fingerprint density at radius 3 is 2.74 bits per heavy atom. The summed E-state index contributed by atoms with van der Waals surface area (Å²) in [6.07, 6.45) is 5.05. The van der Waals surface area contributed by atoms with Crippen LogP contribution in [0.1, 0.15) is 55.7 Å². The van der Waals surface area contributed by atoms with Gasteiger partial charge in [0.05, 0.1) is 5.69 Å². The van der Waals surface area contributed by atoms with Crippen LogP contribution in [0.2, 0.25) is 0 Å². The third-order valence-electron chi connectivity index (χ3n) is 3.40. The maximum absolute atomic E-state index is 11.1. The molecule has 1 heterocycles. The summed E-state index contributed by atoms with van der Waals surface area (Å²) < 4.78 is 1.72. The van der Waals surface area contributed by atoms with E-state index in [1.807, 2.05) is 0 Å². The molecular formula is C13H24N4O2. The summed E-state index contributed by atoms with van der Waals surface area (Å²) in [7, 11) is 0. The van der Waals surface area contributed by atoms with Crippen LogP contribution in [0.25, 0.3) is 0 Å². The van der Waals surface area contributed by atoms with Gasteiger partial charge in [-0.3, -0.25) is 0 Å². The number of nitrogens with zero attached hydrogens (tertiary/aromatic N) is 3. The highest BCUT2D eigenvalue weighted by Crippen LogP contribution is 2.17. The summed E-state index contributed by atoms with van der Waals surface area (Å²) in [4.78, 5) is 11.1. The molecule has 0 fully saturated rings. The van der Waals surface area contributed by atoms with Gasteiger partial charge in [-0.05, 0) is 18.9 Å². The van der Waals surface area contributed by atoms with Gasteiger partial charge in [-0.15, -0.1) is 5.10 Å². The molecule has 1 unspecified atom stereocenters. The predicted octanol–water partition coefficient (Wildman–Crippen LogP) is 1.69. The first-order valence-electron chi connectivity index (χ1n) is 6.99. The van der Waals surface area contributed by atoms with Crippen LogP contribution in [0.4, 0.5) is 0 Å². The first-order chi connectivity index (χ1) is 9.13. The van der Waals surface area contributed by atoms with E-state index in [4.69, 9.17) is 10.8 Å². The van der Waals surface area contributed by atoms with Crippen LogP contribution in [0.5, 0.6) is 0 Å². The molecule has 0 saturated carbocycles. The quantitative estimate of drug-likeness (QED) is 0.710. The second-order valence-electron chi connectivity index (χ2n) is 4.83. The Morgan fingerprint density at radius 1 is 1.47 bits per heavy atom. The van der Waals surface area contributed by atoms with Crippen LogP contribution in [-0.4, -0.2) is 32.6 Å². The predicted molar refractivity (Wildman–Crippen MR) is 73.0 cm³/mol. The van der Waals surface area contributed by atoms with Crippen LogP contribution >= 0.6 is 0 Å². The second kappa shape index (κ2) is 7.89. The maximum Gasteiger partial charge on any atom is 0.358 e. The third kappa shape index (κ3) is 4.31. The molecule has 1 atom stereocenters. The average molecular weight is 268 g/mol. The highest BCUT2D eigenvalue weighted by atomic mass is 16.4. The Bertz CT molecular complexity index is 403. The number of carboxylic acid groups (broad SMARTS) is 1. The molecule has 0 bridgehead atoms. The Morgan fingerprint density at radius 2 is 2.21 bits per heavy atom. The monoisotopic (exact) mass is 268 g/mol. The van der Waals surface area contributed by atoms with Crippen LogP contribution in [-0.2, 0) is 13.0 Å². The van der Waals surface area contributed by atoms with Crippen molar-refractivity contribution in [2.24, 2.45) is 11.7 Å². The molecule has 3 N–H and O–H groups in total. The fourth-order valence-electron chi connectivity index (χ4n) is 2.19. The van der Waals surface area contributed by atoms with Gasteiger partial charge in [0, 0.05) is 13.0 Å². The average Bonchev–Trinajstić information content (AvgIpc) is 2.78. The second-order valence-corrected chi connectivity index (χ2v) is 4.83. The first-order valence-corrected chi connectivity index (χ1v) is 6.99. The number of carbonyl (C=O) groups is 1. The molecule has 0 aromatic carbocycles. The van der Waals surface area contributed by atoms with E-state index in [9.17, 15) is 4.79 Å². The van der Waals surface area contributed by atoms with Gasteiger partial charge in [0.15, 0.2) is 5.69 Å². The molecule has 6 heteroatoms. The SMILES string of the molecule is CCCCC(CC)Cn1nnc(C(=O)O)c1CCN. The van der Waals surface area contributed by atoms with E-state index in [0.29, 0.717) is 24.6 Å². The topological polar surface area (TPSA) is 94.0 Å². The summed E-state index contributed by atoms with van der Waals surface area (Å²) in [5, 5.41) is 16.8. The van der Waals surface area contributed by atoms with Gasteiger partial charge in [-0.2, -0.15) is 0 Å². The van der Waals surface area contributed by atoms with Crippen molar-refractivity contribution in [2.45, 2.75) is 52.5 Å². The number of hydrogen-bond acceptors (Lipinski definition) is 4. The molecule has 1 rings (SSSR count). The van der Waals surface area contributed by atoms with E-state index in [-0.39, 0.29) is 5.69 Å². The van der Waals surface area contributed by atoms with E-state index >= 15 is 0 Å². The van der Waals surface area contributed by atoms with Crippen LogP contribution in [0.15, 0.2) is 0 Å². The van der Waals surface area contributed by atoms with E-state index in [2.05, 4.69) is 24.2 Å². The number of carboxylic acids is 1. The Hall–Kier alpha value is -1.43. The number of aromatic carboxylic acids is 1. The maximum atomic E-state index is 11.1. The van der Waals surface area contributed by atoms with Crippen molar-refractivity contribution < 1.29 is 9.90 Å². The van der Waals surface area contributed by atoms with Crippen LogP contribution < -0.4 is 5.73 Å². The Balaban J connectivity index is 2.83. The molecule has 0 spiro atoms. The minimum absolute atomic E-state index is 0.0378. The molecular weight excluding hydrogens is 244 g/mol. The lowest BCUT2D eigenvalue weighted by atomic mass is 9.99. The number of aromatic nitrogens is 3. The van der Waals surface area contributed by atoms with Crippen molar-refractivity contribution in [3.8, 4) is 0 Å². The molecule has 19 heavy (non-hydrogen) atoms. The van der Waals surface area contributed by atoms with E-state index in [1.54, 1.807) is 4.68 Å².